The Kier molecular flexibility index (Phi) is 5.99. The van der Waals surface area contributed by atoms with Crippen molar-refractivity contribution < 1.29 is 9.53 Å². The molecular weight excluding hydrogens is 436 g/mol. The summed E-state index contributed by atoms with van der Waals surface area (Å²) >= 11 is 6.02. The molecule has 5 rings (SSSR count). The summed E-state index contributed by atoms with van der Waals surface area (Å²) in [6, 6.07) is 15.8. The highest BCUT2D eigenvalue weighted by molar-refractivity contribution is 6.30. The van der Waals surface area contributed by atoms with Crippen molar-refractivity contribution >= 4 is 23.1 Å². The smallest absolute Gasteiger partial charge is 0.178 e. The first-order valence-electron chi connectivity index (χ1n) is 11.5. The summed E-state index contributed by atoms with van der Waals surface area (Å²) in [5.41, 5.74) is 4.19. The van der Waals surface area contributed by atoms with Crippen molar-refractivity contribution in [3.8, 4) is 22.6 Å². The molecule has 2 aromatic carbocycles. The van der Waals surface area contributed by atoms with E-state index in [1.807, 2.05) is 24.3 Å². The molecule has 0 bridgehead atoms. The lowest BCUT2D eigenvalue weighted by Gasteiger charge is -2.47. The summed E-state index contributed by atoms with van der Waals surface area (Å²) in [5.74, 6) is 0.640. The number of nitrogens with zero attached hydrogens (tertiary/aromatic N) is 3. The average Bonchev–Trinajstić information content (AvgIpc) is 3.26. The fraction of sp³-hybridized carbons (Fsp3) is 0.385. The van der Waals surface area contributed by atoms with Gasteiger partial charge in [0.2, 0.25) is 0 Å². The zero-order valence-corrected chi connectivity index (χ0v) is 19.9. The van der Waals surface area contributed by atoms with Crippen LogP contribution >= 0.6 is 11.6 Å². The number of ether oxygens (including phenoxy) is 1. The molecule has 1 N–H and O–H groups in total. The number of rotatable bonds is 4. The molecule has 0 radical (unpaired) electrons. The van der Waals surface area contributed by atoms with Crippen LogP contribution in [0.1, 0.15) is 30.3 Å². The number of carbonyl (C=O) groups is 1. The van der Waals surface area contributed by atoms with Gasteiger partial charge in [0.1, 0.15) is 11.5 Å². The predicted octanol–water partition coefficient (Wildman–Crippen LogP) is 4.90. The number of hydrogen-bond acceptors (Lipinski definition) is 5. The molecule has 1 aromatic heterocycles. The highest BCUT2D eigenvalue weighted by atomic mass is 35.5. The second-order valence-corrected chi connectivity index (χ2v) is 9.61. The Balaban J connectivity index is 1.33. The van der Waals surface area contributed by atoms with Gasteiger partial charge in [-0.25, -0.2) is 4.98 Å². The molecular formula is C26H29ClN4O2. The molecule has 2 aliphatic heterocycles. The second kappa shape index (κ2) is 8.93. The first kappa shape index (κ1) is 22.1. The Hall–Kier alpha value is -2.67. The van der Waals surface area contributed by atoms with Crippen molar-refractivity contribution in [2.24, 2.45) is 0 Å². The minimum atomic E-state index is -0.0480. The highest BCUT2D eigenvalue weighted by Crippen LogP contribution is 2.33. The van der Waals surface area contributed by atoms with Gasteiger partial charge in [-0.1, -0.05) is 23.7 Å². The molecule has 0 saturated carbocycles. The van der Waals surface area contributed by atoms with Crippen LogP contribution in [0.15, 0.2) is 48.5 Å². The van der Waals surface area contributed by atoms with E-state index in [9.17, 15) is 4.79 Å². The summed E-state index contributed by atoms with van der Waals surface area (Å²) in [6.45, 7) is 6.40. The number of aromatic amines is 1. The molecule has 172 valence electrons. The maximum atomic E-state index is 12.2. The number of morpholine rings is 1. The zero-order chi connectivity index (χ0) is 23.0. The third-order valence-electron chi connectivity index (χ3n) is 6.79. The second-order valence-electron chi connectivity index (χ2n) is 9.18. The fourth-order valence-electron chi connectivity index (χ4n) is 4.92. The number of aromatic nitrogens is 2. The first-order valence-corrected chi connectivity index (χ1v) is 11.9. The normalized spacial score (nSPS) is 18.6. The summed E-state index contributed by atoms with van der Waals surface area (Å²) in [5, 5.41) is 0.653. The van der Waals surface area contributed by atoms with Crippen LogP contribution in [-0.2, 0) is 4.74 Å². The topological polar surface area (TPSA) is 61.5 Å². The number of Topliss-reactive ketones (excluding diaryl/α,β-unsaturated/α-hetero) is 1. The minimum absolute atomic E-state index is 0.0127. The number of nitrogens with one attached hydrogen (secondary N) is 1. The van der Waals surface area contributed by atoms with E-state index < -0.39 is 0 Å². The van der Waals surface area contributed by atoms with Crippen LogP contribution in [0.3, 0.4) is 0 Å². The van der Waals surface area contributed by atoms with Crippen molar-refractivity contribution in [1.82, 2.24) is 14.9 Å². The van der Waals surface area contributed by atoms with Crippen molar-refractivity contribution in [1.29, 1.82) is 0 Å². The number of H-pyrrole nitrogens is 1. The van der Waals surface area contributed by atoms with Gasteiger partial charge in [-0.15, -0.1) is 0 Å². The van der Waals surface area contributed by atoms with Gasteiger partial charge in [-0.2, -0.15) is 0 Å². The standard InChI is InChI=1S/C26H29ClN4O2/c1-18(32)23-24(19-3-7-21(27)8-4-19)29-25(28-23)20-5-9-22(10-6-20)31-13-11-26(12-14-31)17-30(2)15-16-33-26/h3-10H,11-17H2,1-2H3,(H,28,29). The SMILES string of the molecule is CC(=O)c1[nH]c(-c2ccc(N3CCC4(CC3)CN(C)CCO4)cc2)nc1-c1ccc(Cl)cc1. The van der Waals surface area contributed by atoms with Crippen LogP contribution in [0.25, 0.3) is 22.6 Å². The number of carbonyl (C=O) groups excluding carboxylic acids is 1. The number of hydrogen-bond donors (Lipinski definition) is 1. The number of imidazole rings is 1. The molecule has 0 aliphatic carbocycles. The van der Waals surface area contributed by atoms with Crippen molar-refractivity contribution in [3.05, 3.63) is 59.2 Å². The van der Waals surface area contributed by atoms with Crippen molar-refractivity contribution in [2.45, 2.75) is 25.4 Å². The minimum Gasteiger partial charge on any atom is -0.372 e. The Morgan fingerprint density at radius 2 is 1.70 bits per heavy atom. The molecule has 0 atom stereocenters. The lowest BCUT2D eigenvalue weighted by molar-refractivity contribution is -0.115. The highest BCUT2D eigenvalue weighted by Gasteiger charge is 2.38. The summed E-state index contributed by atoms with van der Waals surface area (Å²) in [6.07, 6.45) is 2.09. The van der Waals surface area contributed by atoms with Crippen LogP contribution < -0.4 is 4.90 Å². The first-order chi connectivity index (χ1) is 15.9. The fourth-order valence-corrected chi connectivity index (χ4v) is 5.05. The van der Waals surface area contributed by atoms with Gasteiger partial charge in [0.15, 0.2) is 5.78 Å². The van der Waals surface area contributed by atoms with E-state index in [1.54, 1.807) is 6.92 Å². The van der Waals surface area contributed by atoms with Crippen molar-refractivity contribution in [3.63, 3.8) is 0 Å². The van der Waals surface area contributed by atoms with Crippen LogP contribution in [0.4, 0.5) is 5.69 Å². The molecule has 6 nitrogen and oxygen atoms in total. The van der Waals surface area contributed by atoms with E-state index in [2.05, 4.69) is 46.1 Å². The van der Waals surface area contributed by atoms with Crippen LogP contribution in [0, 0.1) is 0 Å². The lowest BCUT2D eigenvalue weighted by atomic mass is 9.89. The van der Waals surface area contributed by atoms with E-state index in [4.69, 9.17) is 21.3 Å². The number of halogens is 1. The summed E-state index contributed by atoms with van der Waals surface area (Å²) < 4.78 is 6.20. The monoisotopic (exact) mass is 464 g/mol. The largest absolute Gasteiger partial charge is 0.372 e. The number of benzene rings is 2. The molecule has 0 amide bonds. The van der Waals surface area contributed by atoms with E-state index in [-0.39, 0.29) is 11.4 Å². The molecule has 3 aromatic rings. The van der Waals surface area contributed by atoms with Gasteiger partial charge >= 0.3 is 0 Å². The predicted molar refractivity (Wildman–Crippen MR) is 132 cm³/mol. The van der Waals surface area contributed by atoms with Gasteiger partial charge in [0.05, 0.1) is 17.9 Å². The molecule has 2 fully saturated rings. The Bertz CT molecular complexity index is 1130. The van der Waals surface area contributed by atoms with Gasteiger partial charge < -0.3 is 19.5 Å². The molecule has 3 heterocycles. The quantitative estimate of drug-likeness (QED) is 0.556. The maximum Gasteiger partial charge on any atom is 0.178 e. The molecule has 7 heteroatoms. The number of likely N-dealkylation sites (N-methyl/N-ethyl adjacent to an activating group) is 1. The molecule has 2 saturated heterocycles. The Morgan fingerprint density at radius 3 is 2.33 bits per heavy atom. The van der Waals surface area contributed by atoms with Crippen LogP contribution in [-0.4, -0.2) is 66.1 Å². The molecule has 33 heavy (non-hydrogen) atoms. The van der Waals surface area contributed by atoms with Crippen molar-refractivity contribution in [2.75, 3.05) is 44.7 Å². The Labute approximate surface area is 199 Å². The number of anilines is 1. The maximum absolute atomic E-state index is 12.2. The average molecular weight is 465 g/mol. The third-order valence-corrected chi connectivity index (χ3v) is 7.05. The summed E-state index contributed by atoms with van der Waals surface area (Å²) in [4.78, 5) is 25.0. The van der Waals surface area contributed by atoms with Gasteiger partial charge in [0, 0.05) is 54.9 Å². The number of piperidine rings is 1. The summed E-state index contributed by atoms with van der Waals surface area (Å²) in [7, 11) is 2.18. The van der Waals surface area contributed by atoms with E-state index in [1.165, 1.54) is 5.69 Å². The van der Waals surface area contributed by atoms with Crippen LogP contribution in [0.2, 0.25) is 5.02 Å². The Morgan fingerprint density at radius 1 is 1.03 bits per heavy atom. The van der Waals surface area contributed by atoms with E-state index in [0.29, 0.717) is 22.2 Å². The van der Waals surface area contributed by atoms with Gasteiger partial charge in [-0.05, 0) is 56.3 Å². The molecule has 2 aliphatic rings. The molecule has 0 unspecified atom stereocenters. The van der Waals surface area contributed by atoms with Gasteiger partial charge in [-0.3, -0.25) is 4.79 Å². The lowest BCUT2D eigenvalue weighted by Crippen LogP contribution is -2.56. The number of ketones is 1. The van der Waals surface area contributed by atoms with E-state index in [0.717, 1.165) is 56.8 Å². The van der Waals surface area contributed by atoms with E-state index >= 15 is 0 Å². The molecule has 1 spiro atoms. The van der Waals surface area contributed by atoms with Gasteiger partial charge in [0.25, 0.3) is 0 Å². The zero-order valence-electron chi connectivity index (χ0n) is 19.1. The third kappa shape index (κ3) is 4.56. The van der Waals surface area contributed by atoms with Crippen LogP contribution in [0.5, 0.6) is 0 Å².